The van der Waals surface area contributed by atoms with Crippen molar-refractivity contribution >= 4 is 29.3 Å². The largest absolute Gasteiger partial charge is 0.497 e. The first-order chi connectivity index (χ1) is 10.2. The lowest BCUT2D eigenvalue weighted by Crippen LogP contribution is -2.24. The lowest BCUT2D eigenvalue weighted by atomic mass is 10.2. The topological polar surface area (TPSA) is 38.3 Å². The normalized spacial score (nSPS) is 10.2. The van der Waals surface area contributed by atoms with Gasteiger partial charge in [0.25, 0.3) is 0 Å². The van der Waals surface area contributed by atoms with Gasteiger partial charge in [-0.3, -0.25) is 4.79 Å². The highest BCUT2D eigenvalue weighted by atomic mass is 35.5. The molecule has 1 N–H and O–H groups in total. The summed E-state index contributed by atoms with van der Waals surface area (Å²) in [4.78, 5) is 12.8. The van der Waals surface area contributed by atoms with Crippen molar-refractivity contribution < 1.29 is 9.53 Å². The molecule has 0 bridgehead atoms. The summed E-state index contributed by atoms with van der Waals surface area (Å²) >= 11 is 7.31. The van der Waals surface area contributed by atoms with E-state index in [9.17, 15) is 4.79 Å². The van der Waals surface area contributed by atoms with Crippen molar-refractivity contribution in [3.05, 3.63) is 59.1 Å². The van der Waals surface area contributed by atoms with Gasteiger partial charge in [-0.15, -0.1) is 11.8 Å². The van der Waals surface area contributed by atoms with Crippen LogP contribution in [-0.4, -0.2) is 18.8 Å². The zero-order chi connectivity index (χ0) is 15.1. The Bertz CT molecular complexity index is 584. The van der Waals surface area contributed by atoms with Crippen LogP contribution in [0.5, 0.6) is 5.75 Å². The number of hydrogen-bond donors (Lipinski definition) is 1. The van der Waals surface area contributed by atoms with Gasteiger partial charge in [0.2, 0.25) is 5.91 Å². The molecule has 0 aliphatic carbocycles. The SMILES string of the molecule is COc1ccc(SCC(=O)NCc2ccc(Cl)cc2)cc1. The second-order valence-electron chi connectivity index (χ2n) is 4.37. The molecule has 0 aromatic heterocycles. The Morgan fingerprint density at radius 3 is 2.43 bits per heavy atom. The Balaban J connectivity index is 1.75. The molecule has 5 heteroatoms. The average molecular weight is 322 g/mol. The predicted octanol–water partition coefficient (Wildman–Crippen LogP) is 3.76. The lowest BCUT2D eigenvalue weighted by Gasteiger charge is -2.06. The Hall–Kier alpha value is -1.65. The molecule has 0 aliphatic rings. The van der Waals surface area contributed by atoms with Gasteiger partial charge in [-0.25, -0.2) is 0 Å². The molecule has 2 aromatic carbocycles. The summed E-state index contributed by atoms with van der Waals surface area (Å²) in [5, 5.41) is 3.58. The Morgan fingerprint density at radius 1 is 1.14 bits per heavy atom. The Kier molecular flexibility index (Phi) is 5.96. The molecule has 0 unspecified atom stereocenters. The summed E-state index contributed by atoms with van der Waals surface area (Å²) in [5.41, 5.74) is 1.03. The van der Waals surface area contributed by atoms with Crippen LogP contribution in [0.4, 0.5) is 0 Å². The molecule has 0 saturated heterocycles. The van der Waals surface area contributed by atoms with Gasteiger partial charge < -0.3 is 10.1 Å². The number of ether oxygens (including phenoxy) is 1. The quantitative estimate of drug-likeness (QED) is 0.823. The van der Waals surface area contributed by atoms with Crippen molar-refractivity contribution in [1.29, 1.82) is 0 Å². The molecule has 0 fully saturated rings. The number of carbonyl (C=O) groups excluding carboxylic acids is 1. The highest BCUT2D eigenvalue weighted by molar-refractivity contribution is 8.00. The molecule has 3 nitrogen and oxygen atoms in total. The number of amides is 1. The molecule has 2 aromatic rings. The molecule has 0 saturated carbocycles. The summed E-state index contributed by atoms with van der Waals surface area (Å²) in [6, 6.07) is 15.1. The van der Waals surface area contributed by atoms with Crippen LogP contribution in [-0.2, 0) is 11.3 Å². The second kappa shape index (κ2) is 7.96. The number of thioether (sulfide) groups is 1. The van der Waals surface area contributed by atoms with E-state index in [4.69, 9.17) is 16.3 Å². The highest BCUT2D eigenvalue weighted by Gasteiger charge is 2.03. The monoisotopic (exact) mass is 321 g/mol. The van der Waals surface area contributed by atoms with Gasteiger partial charge in [0.15, 0.2) is 0 Å². The van der Waals surface area contributed by atoms with Crippen molar-refractivity contribution in [2.24, 2.45) is 0 Å². The van der Waals surface area contributed by atoms with E-state index in [2.05, 4.69) is 5.32 Å². The summed E-state index contributed by atoms with van der Waals surface area (Å²) in [7, 11) is 1.63. The fourth-order valence-electron chi connectivity index (χ4n) is 1.67. The fourth-order valence-corrected chi connectivity index (χ4v) is 2.53. The number of benzene rings is 2. The molecule has 0 aliphatic heterocycles. The van der Waals surface area contributed by atoms with Gasteiger partial charge in [0, 0.05) is 16.5 Å². The minimum atomic E-state index is 0.00534. The smallest absolute Gasteiger partial charge is 0.230 e. The van der Waals surface area contributed by atoms with Crippen LogP contribution in [0, 0.1) is 0 Å². The van der Waals surface area contributed by atoms with E-state index >= 15 is 0 Å². The molecule has 110 valence electrons. The van der Waals surface area contributed by atoms with E-state index in [0.717, 1.165) is 16.2 Å². The van der Waals surface area contributed by atoms with Crippen molar-refractivity contribution in [2.45, 2.75) is 11.4 Å². The maximum Gasteiger partial charge on any atom is 0.230 e. The first-order valence-corrected chi connectivity index (χ1v) is 7.82. The number of halogens is 1. The summed E-state index contributed by atoms with van der Waals surface area (Å²) < 4.78 is 5.09. The summed E-state index contributed by atoms with van der Waals surface area (Å²) in [6.07, 6.45) is 0. The molecule has 0 heterocycles. The van der Waals surface area contributed by atoms with Crippen LogP contribution in [0.15, 0.2) is 53.4 Å². The van der Waals surface area contributed by atoms with Crippen LogP contribution in [0.1, 0.15) is 5.56 Å². The maximum absolute atomic E-state index is 11.8. The van der Waals surface area contributed by atoms with Crippen LogP contribution >= 0.6 is 23.4 Å². The molecule has 1 amide bonds. The van der Waals surface area contributed by atoms with Crippen molar-refractivity contribution in [2.75, 3.05) is 12.9 Å². The van der Waals surface area contributed by atoms with E-state index < -0.39 is 0 Å². The van der Waals surface area contributed by atoms with Crippen LogP contribution < -0.4 is 10.1 Å². The Morgan fingerprint density at radius 2 is 1.81 bits per heavy atom. The second-order valence-corrected chi connectivity index (χ2v) is 5.85. The third-order valence-corrected chi connectivity index (χ3v) is 4.10. The first kappa shape index (κ1) is 15.7. The third-order valence-electron chi connectivity index (χ3n) is 2.83. The number of carbonyl (C=O) groups is 1. The van der Waals surface area contributed by atoms with E-state index in [0.29, 0.717) is 17.3 Å². The van der Waals surface area contributed by atoms with Gasteiger partial charge in [-0.2, -0.15) is 0 Å². The minimum absolute atomic E-state index is 0.00534. The van der Waals surface area contributed by atoms with Gasteiger partial charge in [0.05, 0.1) is 12.9 Å². The lowest BCUT2D eigenvalue weighted by molar-refractivity contribution is -0.118. The molecule has 0 atom stereocenters. The van der Waals surface area contributed by atoms with Crippen LogP contribution in [0.3, 0.4) is 0 Å². The van der Waals surface area contributed by atoms with Gasteiger partial charge in [-0.05, 0) is 42.0 Å². The van der Waals surface area contributed by atoms with E-state index in [1.165, 1.54) is 11.8 Å². The highest BCUT2D eigenvalue weighted by Crippen LogP contribution is 2.20. The van der Waals surface area contributed by atoms with Crippen molar-refractivity contribution in [3.8, 4) is 5.75 Å². The standard InChI is InChI=1S/C16H16ClNO2S/c1-20-14-6-8-15(9-7-14)21-11-16(19)18-10-12-2-4-13(17)5-3-12/h2-9H,10-11H2,1H3,(H,18,19). The number of hydrogen-bond acceptors (Lipinski definition) is 3. The molecule has 0 radical (unpaired) electrons. The van der Waals surface area contributed by atoms with E-state index in [1.807, 2.05) is 48.5 Å². The Labute approximate surface area is 133 Å². The number of rotatable bonds is 6. The summed E-state index contributed by atoms with van der Waals surface area (Å²) in [6.45, 7) is 0.513. The molecular weight excluding hydrogens is 306 g/mol. The number of nitrogens with one attached hydrogen (secondary N) is 1. The fraction of sp³-hybridized carbons (Fsp3) is 0.188. The zero-order valence-corrected chi connectivity index (χ0v) is 13.2. The van der Waals surface area contributed by atoms with E-state index in [1.54, 1.807) is 7.11 Å². The molecular formula is C16H16ClNO2S. The van der Waals surface area contributed by atoms with E-state index in [-0.39, 0.29) is 5.91 Å². The van der Waals surface area contributed by atoms with Gasteiger partial charge >= 0.3 is 0 Å². The predicted molar refractivity (Wildman–Crippen MR) is 87.0 cm³/mol. The van der Waals surface area contributed by atoms with Crippen LogP contribution in [0.25, 0.3) is 0 Å². The average Bonchev–Trinajstić information content (AvgIpc) is 2.53. The molecule has 21 heavy (non-hydrogen) atoms. The minimum Gasteiger partial charge on any atom is -0.497 e. The van der Waals surface area contributed by atoms with Crippen LogP contribution in [0.2, 0.25) is 5.02 Å². The van der Waals surface area contributed by atoms with Gasteiger partial charge in [0.1, 0.15) is 5.75 Å². The maximum atomic E-state index is 11.8. The zero-order valence-electron chi connectivity index (χ0n) is 11.6. The molecule has 2 rings (SSSR count). The number of methoxy groups -OCH3 is 1. The first-order valence-electron chi connectivity index (χ1n) is 6.45. The third kappa shape index (κ3) is 5.33. The molecule has 0 spiro atoms. The van der Waals surface area contributed by atoms with Crippen molar-refractivity contribution in [1.82, 2.24) is 5.32 Å². The summed E-state index contributed by atoms with van der Waals surface area (Å²) in [5.74, 6) is 1.21. The van der Waals surface area contributed by atoms with Gasteiger partial charge in [-0.1, -0.05) is 23.7 Å². The van der Waals surface area contributed by atoms with Crippen molar-refractivity contribution in [3.63, 3.8) is 0 Å².